The van der Waals surface area contributed by atoms with E-state index in [1.807, 2.05) is 14.1 Å². The van der Waals surface area contributed by atoms with E-state index in [2.05, 4.69) is 10.2 Å². The topological polar surface area (TPSA) is 41.6 Å². The van der Waals surface area contributed by atoms with Gasteiger partial charge in [-0.05, 0) is 52.2 Å². The Morgan fingerprint density at radius 3 is 2.70 bits per heavy atom. The SMILES string of the molecule is C[C@@H](Oc1ccc(Cl)cc1Cl)C(=O)NCCCN(C)C. The highest BCUT2D eigenvalue weighted by Crippen LogP contribution is 2.28. The summed E-state index contributed by atoms with van der Waals surface area (Å²) >= 11 is 11.8. The summed E-state index contributed by atoms with van der Waals surface area (Å²) in [5, 5.41) is 3.75. The lowest BCUT2D eigenvalue weighted by Gasteiger charge is -2.16. The molecule has 0 unspecified atom stereocenters. The Kier molecular flexibility index (Phi) is 7.13. The van der Waals surface area contributed by atoms with Crippen molar-refractivity contribution in [2.45, 2.75) is 19.4 Å². The molecule has 1 N–H and O–H groups in total. The fraction of sp³-hybridized carbons (Fsp3) is 0.500. The molecule has 0 aliphatic carbocycles. The van der Waals surface area contributed by atoms with Crippen LogP contribution in [-0.4, -0.2) is 44.1 Å². The second-order valence-electron chi connectivity index (χ2n) is 4.78. The zero-order valence-corrected chi connectivity index (χ0v) is 13.5. The van der Waals surface area contributed by atoms with Crippen molar-refractivity contribution in [3.63, 3.8) is 0 Å². The molecule has 0 bridgehead atoms. The van der Waals surface area contributed by atoms with E-state index in [0.29, 0.717) is 22.3 Å². The highest BCUT2D eigenvalue weighted by atomic mass is 35.5. The third-order valence-corrected chi connectivity index (χ3v) is 3.18. The first-order valence-electron chi connectivity index (χ1n) is 6.44. The Morgan fingerprint density at radius 1 is 1.40 bits per heavy atom. The average molecular weight is 319 g/mol. The number of nitrogens with one attached hydrogen (secondary N) is 1. The zero-order valence-electron chi connectivity index (χ0n) is 12.0. The van der Waals surface area contributed by atoms with Crippen molar-refractivity contribution < 1.29 is 9.53 Å². The fourth-order valence-corrected chi connectivity index (χ4v) is 2.02. The highest BCUT2D eigenvalue weighted by molar-refractivity contribution is 6.35. The van der Waals surface area contributed by atoms with Gasteiger partial charge in [-0.3, -0.25) is 4.79 Å². The summed E-state index contributed by atoms with van der Waals surface area (Å²) in [5.41, 5.74) is 0. The minimum absolute atomic E-state index is 0.158. The van der Waals surface area contributed by atoms with Crippen LogP contribution in [0.5, 0.6) is 5.75 Å². The lowest BCUT2D eigenvalue weighted by Crippen LogP contribution is -2.37. The van der Waals surface area contributed by atoms with E-state index >= 15 is 0 Å². The van der Waals surface area contributed by atoms with E-state index in [9.17, 15) is 4.79 Å². The Bertz CT molecular complexity index is 453. The third kappa shape index (κ3) is 5.99. The van der Waals surface area contributed by atoms with Gasteiger partial charge in [0, 0.05) is 11.6 Å². The van der Waals surface area contributed by atoms with Crippen molar-refractivity contribution in [3.05, 3.63) is 28.2 Å². The zero-order chi connectivity index (χ0) is 15.1. The van der Waals surface area contributed by atoms with E-state index in [-0.39, 0.29) is 5.91 Å². The Morgan fingerprint density at radius 2 is 2.10 bits per heavy atom. The molecule has 0 saturated carbocycles. The van der Waals surface area contributed by atoms with Gasteiger partial charge >= 0.3 is 0 Å². The molecule has 20 heavy (non-hydrogen) atoms. The Hall–Kier alpha value is -0.970. The normalized spacial score (nSPS) is 12.3. The van der Waals surface area contributed by atoms with Crippen molar-refractivity contribution in [2.75, 3.05) is 27.2 Å². The van der Waals surface area contributed by atoms with E-state index in [1.165, 1.54) is 0 Å². The first kappa shape index (κ1) is 17.1. The van der Waals surface area contributed by atoms with Gasteiger partial charge in [-0.15, -0.1) is 0 Å². The molecular weight excluding hydrogens is 299 g/mol. The number of carbonyl (C=O) groups is 1. The maximum absolute atomic E-state index is 11.9. The van der Waals surface area contributed by atoms with Gasteiger partial charge in [-0.1, -0.05) is 23.2 Å². The number of nitrogens with zero attached hydrogens (tertiary/aromatic N) is 1. The van der Waals surface area contributed by atoms with Gasteiger partial charge in [0.2, 0.25) is 0 Å². The molecule has 6 heteroatoms. The molecule has 112 valence electrons. The second kappa shape index (κ2) is 8.35. The maximum atomic E-state index is 11.9. The number of benzene rings is 1. The minimum atomic E-state index is -0.604. The Balaban J connectivity index is 2.41. The number of rotatable bonds is 7. The van der Waals surface area contributed by atoms with Crippen LogP contribution in [-0.2, 0) is 4.79 Å². The van der Waals surface area contributed by atoms with Crippen molar-refractivity contribution in [2.24, 2.45) is 0 Å². The van der Waals surface area contributed by atoms with Crippen LogP contribution in [0.3, 0.4) is 0 Å². The van der Waals surface area contributed by atoms with Crippen LogP contribution in [0, 0.1) is 0 Å². The van der Waals surface area contributed by atoms with Crippen molar-refractivity contribution in [3.8, 4) is 5.75 Å². The molecule has 1 aromatic rings. The molecule has 0 radical (unpaired) electrons. The summed E-state index contributed by atoms with van der Waals surface area (Å²) in [6, 6.07) is 4.91. The van der Waals surface area contributed by atoms with Crippen molar-refractivity contribution >= 4 is 29.1 Å². The van der Waals surface area contributed by atoms with E-state index in [0.717, 1.165) is 13.0 Å². The van der Waals surface area contributed by atoms with E-state index in [1.54, 1.807) is 25.1 Å². The molecule has 4 nitrogen and oxygen atoms in total. The average Bonchev–Trinajstić information content (AvgIpc) is 2.37. The number of amides is 1. The molecule has 0 aliphatic heterocycles. The van der Waals surface area contributed by atoms with Gasteiger partial charge < -0.3 is 15.0 Å². The molecule has 0 heterocycles. The van der Waals surface area contributed by atoms with Crippen LogP contribution in [0.2, 0.25) is 10.0 Å². The van der Waals surface area contributed by atoms with Crippen LogP contribution in [0.15, 0.2) is 18.2 Å². The van der Waals surface area contributed by atoms with Gasteiger partial charge in [0.1, 0.15) is 5.75 Å². The number of ether oxygens (including phenoxy) is 1. The lowest BCUT2D eigenvalue weighted by molar-refractivity contribution is -0.127. The first-order chi connectivity index (χ1) is 9.40. The quantitative estimate of drug-likeness (QED) is 0.786. The summed E-state index contributed by atoms with van der Waals surface area (Å²) in [4.78, 5) is 13.9. The monoisotopic (exact) mass is 318 g/mol. The van der Waals surface area contributed by atoms with Crippen molar-refractivity contribution in [1.82, 2.24) is 10.2 Å². The van der Waals surface area contributed by atoms with Crippen LogP contribution >= 0.6 is 23.2 Å². The molecular formula is C14H20Cl2N2O2. The highest BCUT2D eigenvalue weighted by Gasteiger charge is 2.15. The molecule has 0 fully saturated rings. The number of hydrogen-bond acceptors (Lipinski definition) is 3. The molecule has 1 rings (SSSR count). The number of halogens is 2. The largest absolute Gasteiger partial charge is 0.479 e. The second-order valence-corrected chi connectivity index (χ2v) is 5.63. The fourth-order valence-electron chi connectivity index (χ4n) is 1.57. The summed E-state index contributed by atoms with van der Waals surface area (Å²) in [7, 11) is 3.99. The van der Waals surface area contributed by atoms with Crippen LogP contribution in [0.1, 0.15) is 13.3 Å². The molecule has 1 aromatic carbocycles. The Labute approximate surface area is 130 Å². The van der Waals surface area contributed by atoms with E-state index in [4.69, 9.17) is 27.9 Å². The standard InChI is InChI=1S/C14H20Cl2N2O2/c1-10(14(19)17-7-4-8-18(2)3)20-13-6-5-11(15)9-12(13)16/h5-6,9-10H,4,7-8H2,1-3H3,(H,17,19)/t10-/m1/s1. The summed E-state index contributed by atoms with van der Waals surface area (Å²) in [5.74, 6) is 0.293. The predicted octanol–water partition coefficient (Wildman–Crippen LogP) is 2.83. The minimum Gasteiger partial charge on any atom is -0.479 e. The summed E-state index contributed by atoms with van der Waals surface area (Å²) in [6.07, 6.45) is 0.292. The third-order valence-electron chi connectivity index (χ3n) is 2.65. The molecule has 0 aliphatic rings. The summed E-state index contributed by atoms with van der Waals surface area (Å²) < 4.78 is 5.53. The molecule has 0 saturated heterocycles. The van der Waals surface area contributed by atoms with Gasteiger partial charge in [-0.25, -0.2) is 0 Å². The van der Waals surface area contributed by atoms with Crippen LogP contribution in [0.25, 0.3) is 0 Å². The van der Waals surface area contributed by atoms with Crippen LogP contribution < -0.4 is 10.1 Å². The van der Waals surface area contributed by atoms with Crippen molar-refractivity contribution in [1.29, 1.82) is 0 Å². The molecule has 0 aromatic heterocycles. The number of hydrogen-bond donors (Lipinski definition) is 1. The summed E-state index contributed by atoms with van der Waals surface area (Å²) in [6.45, 7) is 3.24. The molecule has 1 atom stereocenters. The maximum Gasteiger partial charge on any atom is 0.260 e. The van der Waals surface area contributed by atoms with Gasteiger partial charge in [0.05, 0.1) is 5.02 Å². The number of carbonyl (C=O) groups excluding carboxylic acids is 1. The van der Waals surface area contributed by atoms with Gasteiger partial charge in [0.25, 0.3) is 5.91 Å². The lowest BCUT2D eigenvalue weighted by atomic mass is 10.3. The van der Waals surface area contributed by atoms with Gasteiger partial charge in [0.15, 0.2) is 6.10 Å². The van der Waals surface area contributed by atoms with E-state index < -0.39 is 6.10 Å². The van der Waals surface area contributed by atoms with Crippen LogP contribution in [0.4, 0.5) is 0 Å². The molecule has 0 spiro atoms. The van der Waals surface area contributed by atoms with Gasteiger partial charge in [-0.2, -0.15) is 0 Å². The smallest absolute Gasteiger partial charge is 0.260 e. The molecule has 1 amide bonds. The first-order valence-corrected chi connectivity index (χ1v) is 7.20. The predicted molar refractivity (Wildman–Crippen MR) is 82.7 cm³/mol.